The predicted octanol–water partition coefficient (Wildman–Crippen LogP) is 3.24. The first-order valence-corrected chi connectivity index (χ1v) is 7.24. The molecule has 5 nitrogen and oxygen atoms in total. The van der Waals surface area contributed by atoms with Crippen LogP contribution in [0.1, 0.15) is 5.56 Å². The van der Waals surface area contributed by atoms with Crippen LogP contribution in [0.25, 0.3) is 0 Å². The lowest BCUT2D eigenvalue weighted by Crippen LogP contribution is -2.13. The van der Waals surface area contributed by atoms with Crippen molar-refractivity contribution in [3.8, 4) is 11.6 Å². The molecule has 0 saturated carbocycles. The summed E-state index contributed by atoms with van der Waals surface area (Å²) in [5.74, 6) is 0.759. The van der Waals surface area contributed by atoms with Gasteiger partial charge in [-0.1, -0.05) is 12.1 Å². The standard InChI is InChI=1S/C15H18BrN3O2/c1-19(2)12-7-8-17-15(21-3)13(12)18-9-10-5-4-6-11(16)14(10)20/h4-8,18,20H,9H2,1-3H3. The van der Waals surface area contributed by atoms with Gasteiger partial charge in [-0.25, -0.2) is 4.98 Å². The maximum atomic E-state index is 10.0. The van der Waals surface area contributed by atoms with Crippen molar-refractivity contribution in [2.75, 3.05) is 31.4 Å². The van der Waals surface area contributed by atoms with E-state index in [-0.39, 0.29) is 5.75 Å². The molecule has 1 heterocycles. The van der Waals surface area contributed by atoms with E-state index in [4.69, 9.17) is 4.74 Å². The minimum atomic E-state index is 0.235. The molecule has 1 aromatic heterocycles. The summed E-state index contributed by atoms with van der Waals surface area (Å²) in [6, 6.07) is 7.46. The van der Waals surface area contributed by atoms with Gasteiger partial charge >= 0.3 is 0 Å². The highest BCUT2D eigenvalue weighted by atomic mass is 79.9. The Labute approximate surface area is 132 Å². The molecule has 1 aromatic carbocycles. The number of phenolic OH excluding ortho intramolecular Hbond substituents is 1. The zero-order chi connectivity index (χ0) is 15.4. The van der Waals surface area contributed by atoms with Crippen LogP contribution in [0.15, 0.2) is 34.9 Å². The van der Waals surface area contributed by atoms with Gasteiger partial charge in [0, 0.05) is 32.4 Å². The van der Waals surface area contributed by atoms with Gasteiger partial charge in [0.2, 0.25) is 5.88 Å². The molecule has 112 valence electrons. The van der Waals surface area contributed by atoms with Crippen LogP contribution in [-0.4, -0.2) is 31.3 Å². The first-order chi connectivity index (χ1) is 10.0. The number of aromatic nitrogens is 1. The van der Waals surface area contributed by atoms with Crippen LogP contribution < -0.4 is 15.0 Å². The monoisotopic (exact) mass is 351 g/mol. The normalized spacial score (nSPS) is 10.3. The van der Waals surface area contributed by atoms with E-state index in [2.05, 4.69) is 26.2 Å². The Kier molecular flexibility index (Phi) is 4.90. The van der Waals surface area contributed by atoms with Crippen molar-refractivity contribution < 1.29 is 9.84 Å². The largest absolute Gasteiger partial charge is 0.506 e. The van der Waals surface area contributed by atoms with Crippen molar-refractivity contribution in [1.82, 2.24) is 4.98 Å². The highest BCUT2D eigenvalue weighted by molar-refractivity contribution is 9.10. The van der Waals surface area contributed by atoms with Crippen molar-refractivity contribution in [2.24, 2.45) is 0 Å². The van der Waals surface area contributed by atoms with Crippen LogP contribution in [0.4, 0.5) is 11.4 Å². The zero-order valence-corrected chi connectivity index (χ0v) is 13.8. The van der Waals surface area contributed by atoms with Crippen molar-refractivity contribution >= 4 is 27.3 Å². The topological polar surface area (TPSA) is 57.6 Å². The predicted molar refractivity (Wildman–Crippen MR) is 88.2 cm³/mol. The molecule has 6 heteroatoms. The summed E-state index contributed by atoms with van der Waals surface area (Å²) >= 11 is 3.32. The molecular formula is C15H18BrN3O2. The Morgan fingerprint density at radius 3 is 2.76 bits per heavy atom. The van der Waals surface area contributed by atoms with E-state index >= 15 is 0 Å². The van der Waals surface area contributed by atoms with Gasteiger partial charge < -0.3 is 20.1 Å². The number of ether oxygens (including phenoxy) is 1. The summed E-state index contributed by atoms with van der Waals surface area (Å²) in [4.78, 5) is 6.19. The van der Waals surface area contributed by atoms with Gasteiger partial charge in [0.1, 0.15) is 11.4 Å². The molecule has 0 amide bonds. The molecule has 0 saturated heterocycles. The van der Waals surface area contributed by atoms with E-state index in [0.717, 1.165) is 16.9 Å². The number of para-hydroxylation sites is 1. The van der Waals surface area contributed by atoms with Gasteiger partial charge in [-0.05, 0) is 28.1 Å². The number of aromatic hydroxyl groups is 1. The van der Waals surface area contributed by atoms with Crippen LogP contribution in [0.2, 0.25) is 0 Å². The third kappa shape index (κ3) is 3.39. The summed E-state index contributed by atoms with van der Waals surface area (Å²) in [7, 11) is 5.50. The Hall–Kier alpha value is -1.95. The molecule has 0 bridgehead atoms. The number of rotatable bonds is 5. The molecule has 2 N–H and O–H groups in total. The fourth-order valence-corrected chi connectivity index (χ4v) is 2.42. The molecule has 0 aliphatic heterocycles. The maximum Gasteiger partial charge on any atom is 0.239 e. The first kappa shape index (κ1) is 15.4. The van der Waals surface area contributed by atoms with Crippen molar-refractivity contribution in [2.45, 2.75) is 6.54 Å². The first-order valence-electron chi connectivity index (χ1n) is 6.45. The minimum Gasteiger partial charge on any atom is -0.506 e. The third-order valence-corrected chi connectivity index (χ3v) is 3.74. The van der Waals surface area contributed by atoms with Crippen LogP contribution in [-0.2, 0) is 6.54 Å². The van der Waals surface area contributed by atoms with E-state index in [9.17, 15) is 5.11 Å². The number of halogens is 1. The van der Waals surface area contributed by atoms with Gasteiger partial charge in [0.05, 0.1) is 17.3 Å². The smallest absolute Gasteiger partial charge is 0.239 e. The Morgan fingerprint density at radius 1 is 1.33 bits per heavy atom. The summed E-state index contributed by atoms with van der Waals surface area (Å²) in [6.07, 6.45) is 1.70. The van der Waals surface area contributed by atoms with Crippen molar-refractivity contribution in [1.29, 1.82) is 0 Å². The molecule has 0 aliphatic rings. The number of anilines is 2. The molecule has 2 aromatic rings. The third-order valence-electron chi connectivity index (χ3n) is 3.10. The van der Waals surface area contributed by atoms with Crippen LogP contribution in [0.3, 0.4) is 0 Å². The summed E-state index contributed by atoms with van der Waals surface area (Å²) in [5, 5.41) is 13.3. The van der Waals surface area contributed by atoms with Crippen LogP contribution >= 0.6 is 15.9 Å². The molecule has 0 spiro atoms. The molecule has 0 radical (unpaired) electrons. The highest BCUT2D eigenvalue weighted by Gasteiger charge is 2.13. The number of nitrogens with one attached hydrogen (secondary N) is 1. The Balaban J connectivity index is 2.29. The second kappa shape index (κ2) is 6.67. The van der Waals surface area contributed by atoms with Gasteiger partial charge in [-0.2, -0.15) is 0 Å². The molecule has 0 atom stereocenters. The van der Waals surface area contributed by atoms with Crippen molar-refractivity contribution in [3.63, 3.8) is 0 Å². The van der Waals surface area contributed by atoms with Gasteiger partial charge in [0.25, 0.3) is 0 Å². The number of methoxy groups -OCH3 is 1. The van der Waals surface area contributed by atoms with Crippen molar-refractivity contribution in [3.05, 3.63) is 40.5 Å². The second-order valence-corrected chi connectivity index (χ2v) is 5.56. The number of pyridine rings is 1. The number of hydrogen-bond donors (Lipinski definition) is 2. The van der Waals surface area contributed by atoms with E-state index in [1.54, 1.807) is 19.4 Å². The van der Waals surface area contributed by atoms with E-state index in [0.29, 0.717) is 16.9 Å². The number of nitrogens with zero attached hydrogens (tertiary/aromatic N) is 2. The SMILES string of the molecule is COc1nccc(N(C)C)c1NCc1cccc(Br)c1O. The number of benzene rings is 1. The fourth-order valence-electron chi connectivity index (χ4n) is 2.01. The average molecular weight is 352 g/mol. The number of hydrogen-bond acceptors (Lipinski definition) is 5. The Morgan fingerprint density at radius 2 is 2.10 bits per heavy atom. The quantitative estimate of drug-likeness (QED) is 0.865. The average Bonchev–Trinajstić information content (AvgIpc) is 2.48. The van der Waals surface area contributed by atoms with E-state index < -0.39 is 0 Å². The van der Waals surface area contributed by atoms with E-state index in [1.165, 1.54) is 0 Å². The maximum absolute atomic E-state index is 10.0. The summed E-state index contributed by atoms with van der Waals surface area (Å²) in [5.41, 5.74) is 2.56. The molecule has 21 heavy (non-hydrogen) atoms. The highest BCUT2D eigenvalue weighted by Crippen LogP contribution is 2.34. The van der Waals surface area contributed by atoms with Crippen LogP contribution in [0.5, 0.6) is 11.6 Å². The lowest BCUT2D eigenvalue weighted by Gasteiger charge is -2.20. The lowest BCUT2D eigenvalue weighted by molar-refractivity contribution is 0.399. The fraction of sp³-hybridized carbons (Fsp3) is 0.267. The molecule has 0 unspecified atom stereocenters. The van der Waals surface area contributed by atoms with Crippen LogP contribution in [0, 0.1) is 0 Å². The lowest BCUT2D eigenvalue weighted by atomic mass is 10.2. The second-order valence-electron chi connectivity index (χ2n) is 4.71. The summed E-state index contributed by atoms with van der Waals surface area (Å²) < 4.78 is 5.98. The molecule has 0 aliphatic carbocycles. The summed E-state index contributed by atoms with van der Waals surface area (Å²) in [6.45, 7) is 0.466. The minimum absolute atomic E-state index is 0.235. The van der Waals surface area contributed by atoms with Gasteiger partial charge in [-0.3, -0.25) is 0 Å². The Bertz CT molecular complexity index is 632. The van der Waals surface area contributed by atoms with Gasteiger partial charge in [0.15, 0.2) is 0 Å². The zero-order valence-electron chi connectivity index (χ0n) is 12.2. The molecule has 2 rings (SSSR count). The molecule has 0 fully saturated rings. The van der Waals surface area contributed by atoms with E-state index in [1.807, 2.05) is 37.2 Å². The molecular weight excluding hydrogens is 334 g/mol. The number of phenols is 1. The van der Waals surface area contributed by atoms with Gasteiger partial charge in [-0.15, -0.1) is 0 Å².